The Morgan fingerprint density at radius 3 is 2.43 bits per heavy atom. The zero-order valence-corrected chi connectivity index (χ0v) is 20.2. The van der Waals surface area contributed by atoms with Crippen molar-refractivity contribution in [3.8, 4) is 17.5 Å². The molecule has 0 N–H and O–H groups in total. The molecule has 184 valence electrons. The van der Waals surface area contributed by atoms with Crippen LogP contribution in [0.5, 0.6) is 17.5 Å². The number of Topliss-reactive ketones (excluding diaryl/α,β-unsaturated/α-hetero) is 1. The molecule has 1 atom stereocenters. The Hall–Kier alpha value is -3.24. The molecule has 35 heavy (non-hydrogen) atoms. The summed E-state index contributed by atoms with van der Waals surface area (Å²) in [6, 6.07) is 9.69. The Morgan fingerprint density at radius 2 is 1.77 bits per heavy atom. The van der Waals surface area contributed by atoms with Gasteiger partial charge in [-0.1, -0.05) is 0 Å². The van der Waals surface area contributed by atoms with E-state index in [2.05, 4.69) is 9.97 Å². The van der Waals surface area contributed by atoms with Gasteiger partial charge in [0.25, 0.3) is 0 Å². The summed E-state index contributed by atoms with van der Waals surface area (Å²) in [5.74, 6) is -0.579. The zero-order chi connectivity index (χ0) is 24.9. The molecule has 1 aliphatic rings. The molecule has 0 bridgehead atoms. The molecule has 2 heterocycles. The molecule has 0 radical (unpaired) electrons. The molecule has 4 rings (SSSR count). The number of nitrogens with zero attached hydrogens (tertiary/aromatic N) is 3. The van der Waals surface area contributed by atoms with Crippen LogP contribution < -0.4 is 9.47 Å². The van der Waals surface area contributed by atoms with Crippen molar-refractivity contribution in [2.75, 3.05) is 25.9 Å². The molecule has 1 saturated heterocycles. The quantitative estimate of drug-likeness (QED) is 0.425. The van der Waals surface area contributed by atoms with Crippen LogP contribution in [0.25, 0.3) is 0 Å². The maximum atomic E-state index is 14.4. The minimum atomic E-state index is -1.30. The number of ketones is 1. The summed E-state index contributed by atoms with van der Waals surface area (Å²) in [7, 11) is -1.30. The van der Waals surface area contributed by atoms with E-state index >= 15 is 0 Å². The number of hydrogen-bond donors (Lipinski definition) is 0. The molecule has 1 aliphatic heterocycles. The van der Waals surface area contributed by atoms with Crippen molar-refractivity contribution in [3.05, 3.63) is 71.6 Å². The molecule has 10 heteroatoms. The van der Waals surface area contributed by atoms with Gasteiger partial charge in [0.2, 0.25) is 11.8 Å². The average Bonchev–Trinajstić information content (AvgIpc) is 2.84. The van der Waals surface area contributed by atoms with Gasteiger partial charge in [-0.05, 0) is 62.2 Å². The fourth-order valence-corrected chi connectivity index (χ4v) is 4.29. The lowest BCUT2D eigenvalue weighted by molar-refractivity contribution is 0.0774. The minimum absolute atomic E-state index is 0.0360. The van der Waals surface area contributed by atoms with E-state index in [9.17, 15) is 17.8 Å². The largest absolute Gasteiger partial charge is 0.474 e. The second-order valence-electron chi connectivity index (χ2n) is 8.28. The van der Waals surface area contributed by atoms with Gasteiger partial charge in [0.1, 0.15) is 18.2 Å². The first kappa shape index (κ1) is 24.9. The molecule has 1 aromatic heterocycles. The Labute approximate surface area is 204 Å². The van der Waals surface area contributed by atoms with E-state index < -0.39 is 16.6 Å². The van der Waals surface area contributed by atoms with E-state index in [1.54, 1.807) is 6.92 Å². The highest BCUT2D eigenvalue weighted by atomic mass is 32.2. The van der Waals surface area contributed by atoms with Crippen LogP contribution in [-0.2, 0) is 10.8 Å². The lowest BCUT2D eigenvalue weighted by atomic mass is 10.1. The molecule has 7 nitrogen and oxygen atoms in total. The van der Waals surface area contributed by atoms with E-state index in [4.69, 9.17) is 9.47 Å². The molecule has 3 aromatic rings. The topological polar surface area (TPSA) is 81.6 Å². The van der Waals surface area contributed by atoms with Crippen molar-refractivity contribution in [2.45, 2.75) is 30.8 Å². The van der Waals surface area contributed by atoms with Crippen molar-refractivity contribution in [1.29, 1.82) is 0 Å². The summed E-state index contributed by atoms with van der Waals surface area (Å²) in [5, 5.41) is 0. The minimum Gasteiger partial charge on any atom is -0.474 e. The fraction of sp³-hybridized carbons (Fsp3) is 0.320. The molecular formula is C25H25F2N3O4S. The van der Waals surface area contributed by atoms with Gasteiger partial charge in [0.05, 0.1) is 12.1 Å². The summed E-state index contributed by atoms with van der Waals surface area (Å²) in [6.07, 6.45) is 4.05. The number of carbonyl (C=O) groups is 1. The highest BCUT2D eigenvalue weighted by Gasteiger charge is 2.24. The molecule has 2 aromatic carbocycles. The first-order chi connectivity index (χ1) is 16.8. The van der Waals surface area contributed by atoms with E-state index in [0.29, 0.717) is 47.8 Å². The second kappa shape index (κ2) is 11.0. The zero-order valence-electron chi connectivity index (χ0n) is 19.4. The van der Waals surface area contributed by atoms with Crippen molar-refractivity contribution in [1.82, 2.24) is 14.9 Å². The normalized spacial score (nSPS) is 15.5. The number of rotatable bonds is 8. The van der Waals surface area contributed by atoms with Gasteiger partial charge in [-0.25, -0.2) is 18.7 Å². The monoisotopic (exact) mass is 501 g/mol. The van der Waals surface area contributed by atoms with Crippen LogP contribution in [0.15, 0.2) is 53.7 Å². The smallest absolute Gasteiger partial charge is 0.229 e. The average molecular weight is 502 g/mol. The maximum absolute atomic E-state index is 14.4. The Kier molecular flexibility index (Phi) is 7.82. The van der Waals surface area contributed by atoms with Crippen LogP contribution >= 0.6 is 0 Å². The third-order valence-corrected chi connectivity index (χ3v) is 6.70. The van der Waals surface area contributed by atoms with Gasteiger partial charge in [-0.2, -0.15) is 0 Å². The highest BCUT2D eigenvalue weighted by molar-refractivity contribution is 7.84. The standard InChI is InChI=1S/C25H25F2N3O4S/c1-16-24(28-15-29-25(16)34-23-8-7-20(35(2)32)13-21(23)27)33-19-9-11-30(12-10-19)14-22(31)17-3-5-18(26)6-4-17/h3-8,13,15,19H,9-12,14H2,1-2H3. The Morgan fingerprint density at radius 1 is 1.09 bits per heavy atom. The van der Waals surface area contributed by atoms with Crippen LogP contribution in [0.1, 0.15) is 28.8 Å². The van der Waals surface area contributed by atoms with Gasteiger partial charge in [-0.15, -0.1) is 0 Å². The highest BCUT2D eigenvalue weighted by Crippen LogP contribution is 2.31. The molecule has 1 unspecified atom stereocenters. The fourth-order valence-electron chi connectivity index (χ4n) is 3.76. The van der Waals surface area contributed by atoms with Gasteiger partial charge >= 0.3 is 0 Å². The second-order valence-corrected chi connectivity index (χ2v) is 9.66. The number of aromatic nitrogens is 2. The van der Waals surface area contributed by atoms with E-state index in [0.717, 1.165) is 0 Å². The van der Waals surface area contributed by atoms with Gasteiger partial charge in [-0.3, -0.25) is 13.9 Å². The third kappa shape index (κ3) is 6.26. The van der Waals surface area contributed by atoms with Gasteiger partial charge in [0.15, 0.2) is 17.3 Å². The van der Waals surface area contributed by atoms with E-state index in [1.165, 1.54) is 55.0 Å². The number of ether oxygens (including phenoxy) is 2. The van der Waals surface area contributed by atoms with Gasteiger partial charge < -0.3 is 9.47 Å². The first-order valence-corrected chi connectivity index (χ1v) is 12.7. The van der Waals surface area contributed by atoms with Crippen molar-refractivity contribution in [3.63, 3.8) is 0 Å². The molecule has 1 fully saturated rings. The first-order valence-electron chi connectivity index (χ1n) is 11.1. The third-order valence-electron chi connectivity index (χ3n) is 5.78. The van der Waals surface area contributed by atoms with Crippen LogP contribution in [0.4, 0.5) is 8.78 Å². The number of piperidine rings is 1. The van der Waals surface area contributed by atoms with Crippen molar-refractivity contribution < 1.29 is 27.3 Å². The number of hydrogen-bond acceptors (Lipinski definition) is 7. The number of halogens is 2. The number of benzene rings is 2. The van der Waals surface area contributed by atoms with Crippen LogP contribution in [0, 0.1) is 18.6 Å². The SMILES string of the molecule is Cc1c(Oc2ccc(S(C)=O)cc2F)ncnc1OC1CCN(CC(=O)c2ccc(F)cc2)CC1. The predicted octanol–water partition coefficient (Wildman–Crippen LogP) is 4.32. The number of carbonyl (C=O) groups excluding carboxylic acids is 1. The van der Waals surface area contributed by atoms with E-state index in [1.807, 2.05) is 4.90 Å². The van der Waals surface area contributed by atoms with Crippen LogP contribution in [0.3, 0.4) is 0 Å². The van der Waals surface area contributed by atoms with Crippen LogP contribution in [-0.4, -0.2) is 56.9 Å². The van der Waals surface area contributed by atoms with Crippen LogP contribution in [0.2, 0.25) is 0 Å². The summed E-state index contributed by atoms with van der Waals surface area (Å²) in [6.45, 7) is 3.33. The molecule has 0 aliphatic carbocycles. The Bertz CT molecular complexity index is 1230. The molecule has 0 saturated carbocycles. The lowest BCUT2D eigenvalue weighted by Gasteiger charge is -2.31. The van der Waals surface area contributed by atoms with Crippen molar-refractivity contribution >= 4 is 16.6 Å². The molecular weight excluding hydrogens is 476 g/mol. The number of likely N-dealkylation sites (tertiary alicyclic amines) is 1. The summed E-state index contributed by atoms with van der Waals surface area (Å²) >= 11 is 0. The molecule has 0 amide bonds. The van der Waals surface area contributed by atoms with Gasteiger partial charge in [0, 0.05) is 40.6 Å². The summed E-state index contributed by atoms with van der Waals surface area (Å²) < 4.78 is 50.7. The summed E-state index contributed by atoms with van der Waals surface area (Å²) in [4.78, 5) is 23.1. The Balaban J connectivity index is 1.34. The maximum Gasteiger partial charge on any atom is 0.229 e. The molecule has 0 spiro atoms. The lowest BCUT2D eigenvalue weighted by Crippen LogP contribution is -2.41. The summed E-state index contributed by atoms with van der Waals surface area (Å²) in [5.41, 5.74) is 1.02. The van der Waals surface area contributed by atoms with E-state index in [-0.39, 0.29) is 35.9 Å². The van der Waals surface area contributed by atoms with Crippen molar-refractivity contribution in [2.24, 2.45) is 0 Å². The predicted molar refractivity (Wildman–Crippen MR) is 126 cm³/mol.